The fourth-order valence-electron chi connectivity index (χ4n) is 3.23. The SMILES string of the molecule is Cc1cc(C)c2c(n1)SN(C)c1c-2nn(C)c1-c1ccccc1. The summed E-state index contributed by atoms with van der Waals surface area (Å²) in [6.45, 7) is 4.18. The van der Waals surface area contributed by atoms with Crippen LogP contribution in [0.2, 0.25) is 0 Å². The van der Waals surface area contributed by atoms with Crippen LogP contribution in [0.25, 0.3) is 22.5 Å². The largest absolute Gasteiger partial charge is 0.310 e. The van der Waals surface area contributed by atoms with Gasteiger partial charge in [0.2, 0.25) is 0 Å². The lowest BCUT2D eigenvalue weighted by Gasteiger charge is -2.26. The van der Waals surface area contributed by atoms with Crippen molar-refractivity contribution in [1.29, 1.82) is 0 Å². The van der Waals surface area contributed by atoms with Crippen LogP contribution in [-0.4, -0.2) is 21.8 Å². The van der Waals surface area contributed by atoms with E-state index in [0.717, 1.165) is 33.4 Å². The Morgan fingerprint density at radius 2 is 1.78 bits per heavy atom. The summed E-state index contributed by atoms with van der Waals surface area (Å²) in [6, 6.07) is 12.6. The summed E-state index contributed by atoms with van der Waals surface area (Å²) >= 11 is 1.67. The molecular formula is C18H18N4S. The van der Waals surface area contributed by atoms with Crippen LogP contribution in [0.3, 0.4) is 0 Å². The third-order valence-corrected chi connectivity index (χ3v) is 5.08. The fourth-order valence-corrected chi connectivity index (χ4v) is 4.29. The van der Waals surface area contributed by atoms with E-state index in [-0.39, 0.29) is 0 Å². The van der Waals surface area contributed by atoms with Gasteiger partial charge >= 0.3 is 0 Å². The van der Waals surface area contributed by atoms with Gasteiger partial charge in [-0.1, -0.05) is 30.3 Å². The van der Waals surface area contributed by atoms with Gasteiger partial charge in [0.05, 0.1) is 5.69 Å². The molecule has 0 bridgehead atoms. The molecule has 116 valence electrons. The minimum absolute atomic E-state index is 1.02. The van der Waals surface area contributed by atoms with Gasteiger partial charge in [-0.3, -0.25) is 4.68 Å². The van der Waals surface area contributed by atoms with E-state index in [1.807, 2.05) is 24.7 Å². The van der Waals surface area contributed by atoms with Crippen molar-refractivity contribution in [2.75, 3.05) is 11.4 Å². The van der Waals surface area contributed by atoms with Crippen LogP contribution in [0.5, 0.6) is 0 Å². The number of aromatic nitrogens is 3. The summed E-state index contributed by atoms with van der Waals surface area (Å²) in [5.74, 6) is 0. The lowest BCUT2D eigenvalue weighted by molar-refractivity contribution is 0.778. The molecule has 0 N–H and O–H groups in total. The van der Waals surface area contributed by atoms with E-state index in [9.17, 15) is 0 Å². The number of aryl methyl sites for hydroxylation is 3. The van der Waals surface area contributed by atoms with Crippen LogP contribution in [0.1, 0.15) is 11.3 Å². The molecule has 0 aliphatic carbocycles. The van der Waals surface area contributed by atoms with E-state index in [1.54, 1.807) is 11.9 Å². The second-order valence-corrected chi connectivity index (χ2v) is 7.00. The average Bonchev–Trinajstić information content (AvgIpc) is 2.85. The maximum absolute atomic E-state index is 4.83. The Morgan fingerprint density at radius 1 is 1.04 bits per heavy atom. The van der Waals surface area contributed by atoms with Gasteiger partial charge in [-0.2, -0.15) is 5.10 Å². The van der Waals surface area contributed by atoms with Gasteiger partial charge in [0.1, 0.15) is 16.4 Å². The smallest absolute Gasteiger partial charge is 0.127 e. The molecule has 1 aromatic carbocycles. The molecule has 5 heteroatoms. The van der Waals surface area contributed by atoms with Crippen molar-refractivity contribution >= 4 is 17.6 Å². The van der Waals surface area contributed by atoms with Crippen molar-refractivity contribution in [2.45, 2.75) is 18.9 Å². The predicted octanol–water partition coefficient (Wildman–Crippen LogP) is 4.22. The second-order valence-electron chi connectivity index (χ2n) is 5.88. The molecule has 1 aliphatic rings. The number of rotatable bonds is 1. The van der Waals surface area contributed by atoms with Gasteiger partial charge in [0.25, 0.3) is 0 Å². The number of hydrogen-bond acceptors (Lipinski definition) is 4. The minimum atomic E-state index is 1.02. The van der Waals surface area contributed by atoms with Gasteiger partial charge in [0.15, 0.2) is 0 Å². The van der Waals surface area contributed by atoms with Crippen LogP contribution < -0.4 is 4.31 Å². The molecule has 4 rings (SSSR count). The molecule has 1 aliphatic heterocycles. The quantitative estimate of drug-likeness (QED) is 0.628. The normalized spacial score (nSPS) is 13.0. The third kappa shape index (κ3) is 2.15. The van der Waals surface area contributed by atoms with Crippen LogP contribution in [0.4, 0.5) is 5.69 Å². The lowest BCUT2D eigenvalue weighted by atomic mass is 10.0. The molecule has 4 nitrogen and oxygen atoms in total. The van der Waals surface area contributed by atoms with Crippen molar-refractivity contribution in [2.24, 2.45) is 7.05 Å². The molecule has 0 amide bonds. The standard InChI is InChI=1S/C18H18N4S/c1-11-10-12(2)19-18-14(11)15-17(22(4)23-18)16(21(3)20-15)13-8-6-5-7-9-13/h5-10H,1-4H3. The Balaban J connectivity index is 2.02. The molecule has 0 spiro atoms. The Kier molecular flexibility index (Phi) is 3.20. The fraction of sp³-hybridized carbons (Fsp3) is 0.222. The van der Waals surface area contributed by atoms with Gasteiger partial charge in [-0.15, -0.1) is 0 Å². The summed E-state index contributed by atoms with van der Waals surface area (Å²) in [5.41, 5.74) is 7.93. The van der Waals surface area contributed by atoms with E-state index in [2.05, 4.69) is 48.6 Å². The highest BCUT2D eigenvalue weighted by Gasteiger charge is 2.31. The molecule has 0 saturated carbocycles. The zero-order chi connectivity index (χ0) is 16.1. The van der Waals surface area contributed by atoms with E-state index in [1.165, 1.54) is 11.1 Å². The Bertz CT molecular complexity index is 899. The molecule has 23 heavy (non-hydrogen) atoms. The van der Waals surface area contributed by atoms with Crippen molar-refractivity contribution in [3.8, 4) is 22.5 Å². The maximum Gasteiger partial charge on any atom is 0.127 e. The van der Waals surface area contributed by atoms with Crippen LogP contribution in [0, 0.1) is 13.8 Å². The van der Waals surface area contributed by atoms with Crippen molar-refractivity contribution in [3.05, 3.63) is 47.7 Å². The van der Waals surface area contributed by atoms with Gasteiger partial charge < -0.3 is 4.31 Å². The molecule has 0 fully saturated rings. The lowest BCUT2D eigenvalue weighted by Crippen LogP contribution is -2.14. The molecule has 2 aromatic heterocycles. The van der Waals surface area contributed by atoms with Crippen LogP contribution in [-0.2, 0) is 7.05 Å². The first-order chi connectivity index (χ1) is 11.1. The van der Waals surface area contributed by atoms with Crippen molar-refractivity contribution in [3.63, 3.8) is 0 Å². The zero-order valence-electron chi connectivity index (χ0n) is 13.7. The van der Waals surface area contributed by atoms with Crippen molar-refractivity contribution < 1.29 is 0 Å². The van der Waals surface area contributed by atoms with Gasteiger partial charge in [-0.25, -0.2) is 4.98 Å². The molecule has 0 atom stereocenters. The molecule has 0 radical (unpaired) electrons. The summed E-state index contributed by atoms with van der Waals surface area (Å²) < 4.78 is 4.16. The highest BCUT2D eigenvalue weighted by Crippen LogP contribution is 2.49. The van der Waals surface area contributed by atoms with Gasteiger partial charge in [-0.05, 0) is 25.5 Å². The Morgan fingerprint density at radius 3 is 2.52 bits per heavy atom. The highest BCUT2D eigenvalue weighted by molar-refractivity contribution is 8.00. The highest BCUT2D eigenvalue weighted by atomic mass is 32.2. The molecule has 0 saturated heterocycles. The number of anilines is 1. The van der Waals surface area contributed by atoms with E-state index in [4.69, 9.17) is 10.1 Å². The van der Waals surface area contributed by atoms with Crippen LogP contribution >= 0.6 is 11.9 Å². The molecule has 3 heterocycles. The summed E-state index contributed by atoms with van der Waals surface area (Å²) in [5, 5.41) is 5.87. The molecule has 3 aromatic rings. The Labute approximate surface area is 140 Å². The Hall–Kier alpha value is -2.27. The van der Waals surface area contributed by atoms with Gasteiger partial charge in [0, 0.05) is 42.9 Å². The van der Waals surface area contributed by atoms with E-state index >= 15 is 0 Å². The minimum Gasteiger partial charge on any atom is -0.310 e. The van der Waals surface area contributed by atoms with E-state index < -0.39 is 0 Å². The topological polar surface area (TPSA) is 34.0 Å². The summed E-state index contributed by atoms with van der Waals surface area (Å²) in [4.78, 5) is 4.71. The number of pyridine rings is 1. The second kappa shape index (κ2) is 5.13. The monoisotopic (exact) mass is 322 g/mol. The first kappa shape index (κ1) is 14.3. The zero-order valence-corrected chi connectivity index (χ0v) is 14.5. The summed E-state index contributed by atoms with van der Waals surface area (Å²) in [6.07, 6.45) is 0. The molecule has 0 unspecified atom stereocenters. The molecular weight excluding hydrogens is 304 g/mol. The number of nitrogens with zero attached hydrogens (tertiary/aromatic N) is 4. The number of hydrogen-bond donors (Lipinski definition) is 0. The number of fused-ring (bicyclic) bond motifs is 3. The summed E-state index contributed by atoms with van der Waals surface area (Å²) in [7, 11) is 4.09. The van der Waals surface area contributed by atoms with E-state index in [0.29, 0.717) is 0 Å². The first-order valence-corrected chi connectivity index (χ1v) is 8.36. The first-order valence-electron chi connectivity index (χ1n) is 7.59. The number of benzene rings is 1. The van der Waals surface area contributed by atoms with Crippen molar-refractivity contribution in [1.82, 2.24) is 14.8 Å². The van der Waals surface area contributed by atoms with Crippen LogP contribution in [0.15, 0.2) is 41.4 Å². The predicted molar refractivity (Wildman–Crippen MR) is 95.6 cm³/mol. The maximum atomic E-state index is 4.83. The third-order valence-electron chi connectivity index (χ3n) is 4.16. The average molecular weight is 322 g/mol.